The summed E-state index contributed by atoms with van der Waals surface area (Å²) >= 11 is 0. The topological polar surface area (TPSA) is 55.8 Å². The van der Waals surface area contributed by atoms with Crippen LogP contribution in [0, 0.1) is 34.0 Å². The fourth-order valence-electron chi connectivity index (χ4n) is 11.0. The van der Waals surface area contributed by atoms with Crippen molar-refractivity contribution in [1.82, 2.24) is 0 Å². The second kappa shape index (κ2) is 7.45. The molecule has 8 atom stereocenters. The highest BCUT2D eigenvalue weighted by Gasteiger charge is 2.72. The largest absolute Gasteiger partial charge is 0.389 e. The van der Waals surface area contributed by atoms with Gasteiger partial charge in [0.1, 0.15) is 11.4 Å². The molecule has 1 saturated heterocycles. The highest BCUT2D eigenvalue weighted by Crippen LogP contribution is 2.73. The summed E-state index contributed by atoms with van der Waals surface area (Å²) in [5.41, 5.74) is 2.90. The number of aryl methyl sites for hydroxylation is 1. The molecule has 1 aromatic rings. The Morgan fingerprint density at radius 1 is 1.08 bits per heavy atom. The highest BCUT2D eigenvalue weighted by molar-refractivity contribution is 5.87. The number of carbonyl (C=O) groups is 1. The fourth-order valence-corrected chi connectivity index (χ4v) is 11.0. The fraction of sp³-hybridized carbons (Fsp3) is 0.781. The summed E-state index contributed by atoms with van der Waals surface area (Å²) in [4.78, 5) is 25.2. The Labute approximate surface area is 216 Å². The van der Waals surface area contributed by atoms with Gasteiger partial charge in [-0.25, -0.2) is 9.78 Å². The quantitative estimate of drug-likeness (QED) is 0.466. The standard InChI is InChI=1S/C32H44O4/c1-5-20-6-7-22-21(14-20)15-31-13-12-30(17-28(2,3)19-35-36-30)18-32(31,34)11-10-23-25-8-9-26(33)29(25,4)16-24(22)27(23)31/h6-7,14,23-25,27,34H,5,8-13,15-19H2,1-4H3/t23-,24+,25-,27+,29-,30?,31-,32+/m0/s1. The van der Waals surface area contributed by atoms with Crippen molar-refractivity contribution >= 4 is 5.78 Å². The first-order valence-electron chi connectivity index (χ1n) is 14.7. The van der Waals surface area contributed by atoms with E-state index >= 15 is 0 Å². The Balaban J connectivity index is 1.36. The van der Waals surface area contributed by atoms with Gasteiger partial charge < -0.3 is 5.11 Å². The van der Waals surface area contributed by atoms with E-state index in [0.717, 1.165) is 64.2 Å². The molecule has 0 radical (unpaired) electrons. The molecule has 1 aliphatic heterocycles. The summed E-state index contributed by atoms with van der Waals surface area (Å²) in [5, 5.41) is 12.8. The van der Waals surface area contributed by atoms with Gasteiger partial charge in [-0.1, -0.05) is 45.9 Å². The Bertz CT molecular complexity index is 1110. The predicted molar refractivity (Wildman–Crippen MR) is 138 cm³/mol. The first-order chi connectivity index (χ1) is 17.0. The molecule has 36 heavy (non-hydrogen) atoms. The van der Waals surface area contributed by atoms with Crippen LogP contribution in [0.2, 0.25) is 0 Å². The van der Waals surface area contributed by atoms with Crippen molar-refractivity contribution in [2.75, 3.05) is 6.61 Å². The second-order valence-electron chi connectivity index (χ2n) is 14.8. The van der Waals surface area contributed by atoms with E-state index in [1.165, 1.54) is 16.7 Å². The molecule has 5 aliphatic carbocycles. The van der Waals surface area contributed by atoms with Crippen molar-refractivity contribution in [1.29, 1.82) is 0 Å². The molecular weight excluding hydrogens is 448 g/mol. The smallest absolute Gasteiger partial charge is 0.139 e. The molecular formula is C32H44O4. The van der Waals surface area contributed by atoms with Gasteiger partial charge in [0.15, 0.2) is 0 Å². The zero-order valence-electron chi connectivity index (χ0n) is 22.7. The molecule has 0 bridgehead atoms. The van der Waals surface area contributed by atoms with Gasteiger partial charge in [-0.05, 0) is 104 Å². The average Bonchev–Trinajstić information content (AvgIpc) is 3.12. The van der Waals surface area contributed by atoms with Gasteiger partial charge in [-0.2, -0.15) is 0 Å². The number of benzene rings is 1. The molecule has 4 saturated carbocycles. The molecule has 1 unspecified atom stereocenters. The maximum absolute atomic E-state index is 13.3. The van der Waals surface area contributed by atoms with E-state index in [-0.39, 0.29) is 21.8 Å². The Hall–Kier alpha value is -1.23. The normalized spacial score (nSPS) is 48.6. The molecule has 4 nitrogen and oxygen atoms in total. The van der Waals surface area contributed by atoms with Gasteiger partial charge >= 0.3 is 0 Å². The lowest BCUT2D eigenvalue weighted by atomic mass is 9.36. The van der Waals surface area contributed by atoms with Crippen LogP contribution in [-0.2, 0) is 27.4 Å². The summed E-state index contributed by atoms with van der Waals surface area (Å²) < 4.78 is 0. The van der Waals surface area contributed by atoms with Crippen LogP contribution in [0.1, 0.15) is 108 Å². The minimum atomic E-state index is -0.752. The van der Waals surface area contributed by atoms with Crippen LogP contribution >= 0.6 is 0 Å². The third kappa shape index (κ3) is 3.01. The highest BCUT2D eigenvalue weighted by atomic mass is 17.2. The molecule has 1 aromatic carbocycles. The lowest BCUT2D eigenvalue weighted by Gasteiger charge is -2.70. The van der Waals surface area contributed by atoms with Crippen LogP contribution in [-0.4, -0.2) is 28.7 Å². The second-order valence-corrected chi connectivity index (χ2v) is 14.8. The summed E-state index contributed by atoms with van der Waals surface area (Å²) in [7, 11) is 0. The average molecular weight is 493 g/mol. The van der Waals surface area contributed by atoms with Crippen LogP contribution in [0.15, 0.2) is 18.2 Å². The number of aliphatic hydroxyl groups is 1. The third-order valence-corrected chi connectivity index (χ3v) is 12.3. The molecule has 2 spiro atoms. The minimum absolute atomic E-state index is 0.0604. The van der Waals surface area contributed by atoms with E-state index in [1.54, 1.807) is 0 Å². The van der Waals surface area contributed by atoms with Gasteiger partial charge in [0.25, 0.3) is 0 Å². The Kier molecular flexibility index (Phi) is 4.94. The zero-order valence-corrected chi connectivity index (χ0v) is 22.7. The molecule has 0 aromatic heterocycles. The SMILES string of the molecule is CCc1ccc2c(c1)C[C@]13CCC4(CC(C)(C)COO4)C[C@]1(O)CC[C@@H]1[C@@H]3[C@@H]2C[C@]2(C)C(=O)CC[C@@H]12. The van der Waals surface area contributed by atoms with Gasteiger partial charge in [0.05, 0.1) is 12.2 Å². The number of ketones is 1. The summed E-state index contributed by atoms with van der Waals surface area (Å²) in [6.45, 7) is 9.67. The van der Waals surface area contributed by atoms with Gasteiger partial charge in [0, 0.05) is 23.7 Å². The maximum Gasteiger partial charge on any atom is 0.139 e. The van der Waals surface area contributed by atoms with Crippen molar-refractivity contribution < 1.29 is 19.7 Å². The van der Waals surface area contributed by atoms with Crippen LogP contribution in [0.5, 0.6) is 0 Å². The molecule has 196 valence electrons. The lowest BCUT2D eigenvalue weighted by molar-refractivity contribution is -0.425. The third-order valence-electron chi connectivity index (χ3n) is 12.3. The van der Waals surface area contributed by atoms with Crippen molar-refractivity contribution in [2.45, 2.75) is 115 Å². The molecule has 1 heterocycles. The first-order valence-corrected chi connectivity index (χ1v) is 14.7. The van der Waals surface area contributed by atoms with E-state index < -0.39 is 5.60 Å². The van der Waals surface area contributed by atoms with E-state index in [2.05, 4.69) is 45.9 Å². The van der Waals surface area contributed by atoms with Gasteiger partial charge in [-0.15, -0.1) is 0 Å². The number of fused-ring (bicyclic) bond motifs is 4. The molecule has 1 N–H and O–H groups in total. The van der Waals surface area contributed by atoms with Gasteiger partial charge in [-0.3, -0.25) is 4.79 Å². The number of hydrogen-bond acceptors (Lipinski definition) is 4. The van der Waals surface area contributed by atoms with E-state index in [1.807, 2.05) is 0 Å². The zero-order chi connectivity index (χ0) is 25.1. The Morgan fingerprint density at radius 2 is 1.92 bits per heavy atom. The first kappa shape index (κ1) is 23.9. The van der Waals surface area contributed by atoms with E-state index in [4.69, 9.17) is 9.78 Å². The molecule has 7 rings (SSSR count). The van der Waals surface area contributed by atoms with Gasteiger partial charge in [0.2, 0.25) is 0 Å². The van der Waals surface area contributed by atoms with Crippen molar-refractivity contribution in [3.63, 3.8) is 0 Å². The van der Waals surface area contributed by atoms with Crippen molar-refractivity contribution in [3.05, 3.63) is 34.9 Å². The Morgan fingerprint density at radius 3 is 2.69 bits per heavy atom. The molecule has 6 aliphatic rings. The lowest BCUT2D eigenvalue weighted by Crippen LogP contribution is -2.70. The van der Waals surface area contributed by atoms with Crippen LogP contribution < -0.4 is 0 Å². The molecule has 4 heteroatoms. The number of hydrogen-bond donors (Lipinski definition) is 1. The van der Waals surface area contributed by atoms with E-state index in [9.17, 15) is 9.90 Å². The maximum atomic E-state index is 13.3. The van der Waals surface area contributed by atoms with Crippen LogP contribution in [0.4, 0.5) is 0 Å². The van der Waals surface area contributed by atoms with Crippen molar-refractivity contribution in [2.24, 2.45) is 34.0 Å². The van der Waals surface area contributed by atoms with Crippen molar-refractivity contribution in [3.8, 4) is 0 Å². The summed E-state index contributed by atoms with van der Waals surface area (Å²) in [5.74, 6) is 2.33. The van der Waals surface area contributed by atoms with Crippen LogP contribution in [0.25, 0.3) is 0 Å². The summed E-state index contributed by atoms with van der Waals surface area (Å²) in [6, 6.07) is 7.14. The predicted octanol–water partition coefficient (Wildman–Crippen LogP) is 6.32. The minimum Gasteiger partial charge on any atom is -0.389 e. The molecule has 0 amide bonds. The molecule has 5 fully saturated rings. The number of rotatable bonds is 1. The van der Waals surface area contributed by atoms with E-state index in [0.29, 0.717) is 42.5 Å². The number of Topliss-reactive ketones (excluding diaryl/α,β-unsaturated/α-hetero) is 1. The van der Waals surface area contributed by atoms with Crippen LogP contribution in [0.3, 0.4) is 0 Å². The summed E-state index contributed by atoms with van der Waals surface area (Å²) in [6.07, 6.45) is 10.2. The number of carbonyl (C=O) groups excluding carboxylic acids is 1. The monoisotopic (exact) mass is 492 g/mol.